The maximum absolute atomic E-state index is 12.7. The predicted octanol–water partition coefficient (Wildman–Crippen LogP) is 1.91. The molecule has 1 N–H and O–H groups in total. The number of furan rings is 1. The van der Waals surface area contributed by atoms with Crippen molar-refractivity contribution in [2.45, 2.75) is 12.5 Å². The second kappa shape index (κ2) is 7.98. The topological polar surface area (TPSA) is 65.8 Å². The summed E-state index contributed by atoms with van der Waals surface area (Å²) in [5.41, 5.74) is 1.14. The molecule has 1 aromatic heterocycles. The molecule has 1 aromatic carbocycles. The van der Waals surface area contributed by atoms with Crippen LogP contribution in [-0.2, 0) is 4.79 Å². The van der Waals surface area contributed by atoms with Crippen LogP contribution >= 0.6 is 0 Å². The molecule has 132 valence electrons. The first-order valence-corrected chi connectivity index (χ1v) is 8.50. The molecule has 0 saturated carbocycles. The Bertz CT molecular complexity index is 700. The first kappa shape index (κ1) is 17.2. The van der Waals surface area contributed by atoms with E-state index in [9.17, 15) is 9.59 Å². The van der Waals surface area contributed by atoms with Gasteiger partial charge in [0.1, 0.15) is 0 Å². The first-order valence-electron chi connectivity index (χ1n) is 8.50. The molecular formula is C19H23N3O3. The second-order valence-corrected chi connectivity index (χ2v) is 6.26. The van der Waals surface area contributed by atoms with Crippen molar-refractivity contribution in [2.24, 2.45) is 0 Å². The van der Waals surface area contributed by atoms with Crippen molar-refractivity contribution < 1.29 is 14.0 Å². The van der Waals surface area contributed by atoms with E-state index in [1.54, 1.807) is 12.1 Å². The third-order valence-corrected chi connectivity index (χ3v) is 4.46. The van der Waals surface area contributed by atoms with Crippen LogP contribution in [0.2, 0.25) is 0 Å². The van der Waals surface area contributed by atoms with Gasteiger partial charge >= 0.3 is 0 Å². The van der Waals surface area contributed by atoms with Gasteiger partial charge in [0.25, 0.3) is 5.91 Å². The van der Waals surface area contributed by atoms with Crippen LogP contribution in [0.25, 0.3) is 0 Å². The number of likely N-dealkylation sites (N-methyl/N-ethyl adjacent to an activating group) is 1. The summed E-state index contributed by atoms with van der Waals surface area (Å²) in [5.74, 6) is 0.0201. The number of rotatable bonds is 5. The maximum Gasteiger partial charge on any atom is 0.286 e. The van der Waals surface area contributed by atoms with Crippen molar-refractivity contribution in [3.8, 4) is 0 Å². The van der Waals surface area contributed by atoms with Crippen LogP contribution in [0.4, 0.5) is 0 Å². The van der Waals surface area contributed by atoms with Gasteiger partial charge in [0.05, 0.1) is 12.3 Å². The highest BCUT2D eigenvalue weighted by atomic mass is 16.3. The van der Waals surface area contributed by atoms with E-state index < -0.39 is 0 Å². The van der Waals surface area contributed by atoms with Crippen LogP contribution in [0, 0.1) is 0 Å². The zero-order valence-corrected chi connectivity index (χ0v) is 14.4. The molecule has 6 nitrogen and oxygen atoms in total. The molecule has 1 atom stereocenters. The van der Waals surface area contributed by atoms with Gasteiger partial charge < -0.3 is 19.5 Å². The smallest absolute Gasteiger partial charge is 0.286 e. The molecule has 2 heterocycles. The molecule has 1 fully saturated rings. The number of piperazine rings is 1. The predicted molar refractivity (Wildman–Crippen MR) is 94.1 cm³/mol. The Labute approximate surface area is 147 Å². The highest BCUT2D eigenvalue weighted by Crippen LogP contribution is 2.25. The van der Waals surface area contributed by atoms with Gasteiger partial charge in [-0.3, -0.25) is 9.59 Å². The van der Waals surface area contributed by atoms with Gasteiger partial charge in [0.15, 0.2) is 5.76 Å². The molecule has 2 aromatic rings. The zero-order chi connectivity index (χ0) is 17.6. The van der Waals surface area contributed by atoms with E-state index in [4.69, 9.17) is 4.42 Å². The fourth-order valence-electron chi connectivity index (χ4n) is 3.10. The van der Waals surface area contributed by atoms with Gasteiger partial charge in [-0.1, -0.05) is 30.3 Å². The van der Waals surface area contributed by atoms with E-state index in [-0.39, 0.29) is 30.0 Å². The van der Waals surface area contributed by atoms with Gasteiger partial charge in [0.2, 0.25) is 5.91 Å². The van der Waals surface area contributed by atoms with Crippen molar-refractivity contribution in [3.05, 3.63) is 60.1 Å². The maximum atomic E-state index is 12.7. The van der Waals surface area contributed by atoms with E-state index in [0.717, 1.165) is 18.7 Å². The first-order chi connectivity index (χ1) is 12.1. The monoisotopic (exact) mass is 341 g/mol. The van der Waals surface area contributed by atoms with Crippen molar-refractivity contribution in [2.75, 3.05) is 33.2 Å². The van der Waals surface area contributed by atoms with Gasteiger partial charge in [-0.15, -0.1) is 0 Å². The van der Waals surface area contributed by atoms with Crippen molar-refractivity contribution in [1.29, 1.82) is 0 Å². The van der Waals surface area contributed by atoms with Gasteiger partial charge in [-0.05, 0) is 24.7 Å². The van der Waals surface area contributed by atoms with E-state index >= 15 is 0 Å². The van der Waals surface area contributed by atoms with Crippen molar-refractivity contribution in [1.82, 2.24) is 15.1 Å². The number of benzene rings is 1. The average molecular weight is 341 g/mol. The van der Waals surface area contributed by atoms with Crippen LogP contribution in [0.15, 0.2) is 53.1 Å². The standard InChI is InChI=1S/C19H23N3O3/c1-21-11-12-22(16(14-21)15-6-3-2-4-7-15)18(23)9-10-20-19(24)17-8-5-13-25-17/h2-8,13,16H,9-12,14H2,1H3,(H,20,24)/t16-/m0/s1. The van der Waals surface area contributed by atoms with E-state index in [0.29, 0.717) is 13.1 Å². The van der Waals surface area contributed by atoms with Crippen LogP contribution in [0.5, 0.6) is 0 Å². The Morgan fingerprint density at radius 2 is 1.96 bits per heavy atom. The molecule has 0 unspecified atom stereocenters. The second-order valence-electron chi connectivity index (χ2n) is 6.26. The highest BCUT2D eigenvalue weighted by molar-refractivity contribution is 5.91. The lowest BCUT2D eigenvalue weighted by molar-refractivity contribution is -0.136. The Hall–Kier alpha value is -2.60. The Morgan fingerprint density at radius 1 is 1.16 bits per heavy atom. The van der Waals surface area contributed by atoms with Gasteiger partial charge in [-0.25, -0.2) is 0 Å². The fraction of sp³-hybridized carbons (Fsp3) is 0.368. The summed E-state index contributed by atoms with van der Waals surface area (Å²) >= 11 is 0. The third-order valence-electron chi connectivity index (χ3n) is 4.46. The molecule has 25 heavy (non-hydrogen) atoms. The zero-order valence-electron chi connectivity index (χ0n) is 14.4. The Morgan fingerprint density at radius 3 is 2.68 bits per heavy atom. The lowest BCUT2D eigenvalue weighted by Gasteiger charge is -2.40. The lowest BCUT2D eigenvalue weighted by Crippen LogP contribution is -2.49. The summed E-state index contributed by atoms with van der Waals surface area (Å²) in [6.45, 7) is 2.66. The molecule has 3 rings (SSSR count). The van der Waals surface area contributed by atoms with Gasteiger partial charge in [-0.2, -0.15) is 0 Å². The molecule has 2 amide bonds. The molecule has 0 bridgehead atoms. The lowest BCUT2D eigenvalue weighted by atomic mass is 10.0. The fourth-order valence-corrected chi connectivity index (χ4v) is 3.10. The number of hydrogen-bond donors (Lipinski definition) is 1. The number of amides is 2. The van der Waals surface area contributed by atoms with Crippen LogP contribution < -0.4 is 5.32 Å². The van der Waals surface area contributed by atoms with Gasteiger partial charge in [0, 0.05) is 32.6 Å². The molecule has 1 aliphatic heterocycles. The molecule has 1 aliphatic rings. The minimum Gasteiger partial charge on any atom is -0.459 e. The highest BCUT2D eigenvalue weighted by Gasteiger charge is 2.29. The molecule has 0 aliphatic carbocycles. The number of carbonyl (C=O) groups excluding carboxylic acids is 2. The largest absolute Gasteiger partial charge is 0.459 e. The van der Waals surface area contributed by atoms with Crippen molar-refractivity contribution >= 4 is 11.8 Å². The molecular weight excluding hydrogens is 318 g/mol. The third kappa shape index (κ3) is 4.28. The Balaban J connectivity index is 1.58. The minimum absolute atomic E-state index is 0.0493. The van der Waals surface area contributed by atoms with E-state index in [1.165, 1.54) is 6.26 Å². The number of nitrogens with zero attached hydrogens (tertiary/aromatic N) is 2. The van der Waals surface area contributed by atoms with Crippen molar-refractivity contribution in [3.63, 3.8) is 0 Å². The normalized spacial score (nSPS) is 18.1. The SMILES string of the molecule is CN1CCN(C(=O)CCNC(=O)c2ccco2)[C@H](c2ccccc2)C1. The summed E-state index contributed by atoms with van der Waals surface area (Å²) in [4.78, 5) is 28.7. The summed E-state index contributed by atoms with van der Waals surface area (Å²) in [6, 6.07) is 13.4. The summed E-state index contributed by atoms with van der Waals surface area (Å²) in [5, 5.41) is 2.73. The average Bonchev–Trinajstić information content (AvgIpc) is 3.17. The molecule has 0 radical (unpaired) electrons. The Kier molecular flexibility index (Phi) is 5.50. The van der Waals surface area contributed by atoms with E-state index in [2.05, 4.69) is 29.4 Å². The molecule has 1 saturated heterocycles. The molecule has 0 spiro atoms. The quantitative estimate of drug-likeness (QED) is 0.902. The van der Waals surface area contributed by atoms with Crippen LogP contribution in [-0.4, -0.2) is 54.8 Å². The minimum atomic E-state index is -0.296. The molecule has 6 heteroatoms. The van der Waals surface area contributed by atoms with E-state index in [1.807, 2.05) is 23.1 Å². The summed E-state index contributed by atoms with van der Waals surface area (Å²) in [7, 11) is 2.07. The van der Waals surface area contributed by atoms with Crippen LogP contribution in [0.1, 0.15) is 28.6 Å². The summed E-state index contributed by atoms with van der Waals surface area (Å²) < 4.78 is 5.04. The number of hydrogen-bond acceptors (Lipinski definition) is 4. The number of nitrogens with one attached hydrogen (secondary N) is 1. The number of carbonyl (C=O) groups is 2. The van der Waals surface area contributed by atoms with Crippen LogP contribution in [0.3, 0.4) is 0 Å². The summed E-state index contributed by atoms with van der Waals surface area (Å²) in [6.07, 6.45) is 1.73.